The van der Waals surface area contributed by atoms with Gasteiger partial charge in [-0.2, -0.15) is 4.98 Å². The van der Waals surface area contributed by atoms with E-state index in [0.29, 0.717) is 38.9 Å². The van der Waals surface area contributed by atoms with Crippen LogP contribution < -0.4 is 16.2 Å². The molecule has 0 spiro atoms. The second-order valence-corrected chi connectivity index (χ2v) is 6.85. The fraction of sp³-hybridized carbons (Fsp3) is 0.0500. The van der Waals surface area contributed by atoms with Crippen LogP contribution >= 0.6 is 23.2 Å². The Hall–Kier alpha value is -3.09. The van der Waals surface area contributed by atoms with Crippen molar-refractivity contribution in [1.82, 2.24) is 15.0 Å². The van der Waals surface area contributed by atoms with Crippen molar-refractivity contribution in [2.45, 2.75) is 6.61 Å². The summed E-state index contributed by atoms with van der Waals surface area (Å²) in [5, 5.41) is 1.49. The maximum atomic E-state index is 6.66. The molecule has 2 aromatic carbocycles. The van der Waals surface area contributed by atoms with Crippen molar-refractivity contribution in [1.29, 1.82) is 0 Å². The Morgan fingerprint density at radius 3 is 2.57 bits per heavy atom. The van der Waals surface area contributed by atoms with E-state index in [1.54, 1.807) is 30.5 Å². The molecule has 6 nitrogen and oxygen atoms in total. The number of nitrogens with two attached hydrogens (primary N) is 2. The number of pyridine rings is 1. The first-order chi connectivity index (χ1) is 13.5. The molecular weight excluding hydrogens is 397 g/mol. The SMILES string of the molecule is Nc1nc(N)c2c(Cl)c(-c3cc(Cl)ccc3OCc3ccccn3)ccc2n1. The van der Waals surface area contributed by atoms with Crippen LogP contribution in [0.3, 0.4) is 0 Å². The molecule has 0 atom stereocenters. The van der Waals surface area contributed by atoms with Gasteiger partial charge < -0.3 is 16.2 Å². The van der Waals surface area contributed by atoms with Gasteiger partial charge >= 0.3 is 0 Å². The van der Waals surface area contributed by atoms with Crippen molar-refractivity contribution in [2.75, 3.05) is 11.5 Å². The summed E-state index contributed by atoms with van der Waals surface area (Å²) >= 11 is 12.9. The predicted octanol–water partition coefficient (Wildman–Crippen LogP) is 4.74. The van der Waals surface area contributed by atoms with Crippen LogP contribution in [0.15, 0.2) is 54.7 Å². The van der Waals surface area contributed by atoms with Gasteiger partial charge in [-0.15, -0.1) is 0 Å². The molecule has 0 bridgehead atoms. The molecule has 0 aliphatic carbocycles. The zero-order valence-corrected chi connectivity index (χ0v) is 16.1. The number of nitrogens with zero attached hydrogens (tertiary/aromatic N) is 3. The van der Waals surface area contributed by atoms with Gasteiger partial charge in [-0.25, -0.2) is 4.98 Å². The molecule has 0 unspecified atom stereocenters. The van der Waals surface area contributed by atoms with Gasteiger partial charge in [0, 0.05) is 22.3 Å². The maximum Gasteiger partial charge on any atom is 0.222 e. The Kier molecular flexibility index (Phi) is 4.90. The lowest BCUT2D eigenvalue weighted by molar-refractivity contribution is 0.302. The van der Waals surface area contributed by atoms with Gasteiger partial charge in [0.2, 0.25) is 5.95 Å². The molecule has 0 aliphatic rings. The van der Waals surface area contributed by atoms with E-state index >= 15 is 0 Å². The van der Waals surface area contributed by atoms with Crippen molar-refractivity contribution in [2.24, 2.45) is 0 Å². The summed E-state index contributed by atoms with van der Waals surface area (Å²) in [6, 6.07) is 14.6. The maximum absolute atomic E-state index is 6.66. The number of nitrogen functional groups attached to an aromatic ring is 2. The van der Waals surface area contributed by atoms with Gasteiger partial charge in [0.05, 0.1) is 21.6 Å². The average Bonchev–Trinajstić information content (AvgIpc) is 2.67. The van der Waals surface area contributed by atoms with E-state index in [9.17, 15) is 0 Å². The van der Waals surface area contributed by atoms with Crippen LogP contribution in [0.1, 0.15) is 5.69 Å². The van der Waals surface area contributed by atoms with Crippen molar-refractivity contribution in [3.63, 3.8) is 0 Å². The van der Waals surface area contributed by atoms with Crippen molar-refractivity contribution < 1.29 is 4.74 Å². The number of fused-ring (bicyclic) bond motifs is 1. The summed E-state index contributed by atoms with van der Waals surface area (Å²) in [7, 11) is 0. The summed E-state index contributed by atoms with van der Waals surface area (Å²) < 4.78 is 5.99. The highest BCUT2D eigenvalue weighted by Crippen LogP contribution is 2.41. The molecule has 0 radical (unpaired) electrons. The molecule has 140 valence electrons. The Morgan fingerprint density at radius 2 is 1.79 bits per heavy atom. The van der Waals surface area contributed by atoms with Crippen molar-refractivity contribution >= 4 is 45.9 Å². The minimum absolute atomic E-state index is 0.0935. The second kappa shape index (κ2) is 7.50. The topological polar surface area (TPSA) is 99.9 Å². The highest BCUT2D eigenvalue weighted by atomic mass is 35.5. The fourth-order valence-corrected chi connectivity index (χ4v) is 3.44. The highest BCUT2D eigenvalue weighted by molar-refractivity contribution is 6.39. The van der Waals surface area contributed by atoms with Crippen LogP contribution in [-0.4, -0.2) is 15.0 Å². The molecule has 0 saturated heterocycles. The lowest BCUT2D eigenvalue weighted by Gasteiger charge is -2.15. The minimum atomic E-state index is 0.0935. The van der Waals surface area contributed by atoms with Crippen LogP contribution in [0, 0.1) is 0 Å². The van der Waals surface area contributed by atoms with Crippen molar-refractivity contribution in [3.05, 3.63) is 70.5 Å². The number of benzene rings is 2. The normalized spacial score (nSPS) is 10.9. The first-order valence-electron chi connectivity index (χ1n) is 8.37. The third-order valence-corrected chi connectivity index (χ3v) is 4.81. The van der Waals surface area contributed by atoms with Crippen LogP contribution in [0.5, 0.6) is 5.75 Å². The molecule has 4 rings (SSSR count). The monoisotopic (exact) mass is 411 g/mol. The van der Waals surface area contributed by atoms with Crippen molar-refractivity contribution in [3.8, 4) is 16.9 Å². The number of aromatic nitrogens is 3. The smallest absolute Gasteiger partial charge is 0.222 e. The van der Waals surface area contributed by atoms with Gasteiger partial charge in [-0.05, 0) is 36.4 Å². The molecule has 0 amide bonds. The van der Waals surface area contributed by atoms with Crippen LogP contribution in [0.2, 0.25) is 10.0 Å². The summed E-state index contributed by atoms with van der Waals surface area (Å²) in [5.74, 6) is 0.925. The molecule has 28 heavy (non-hydrogen) atoms. The quantitative estimate of drug-likeness (QED) is 0.502. The first kappa shape index (κ1) is 18.3. The zero-order valence-electron chi connectivity index (χ0n) is 14.6. The molecule has 8 heteroatoms. The average molecular weight is 412 g/mol. The summed E-state index contributed by atoms with van der Waals surface area (Å²) in [6.07, 6.45) is 1.72. The number of halogens is 2. The Balaban J connectivity index is 1.80. The van der Waals surface area contributed by atoms with Crippen LogP contribution in [0.4, 0.5) is 11.8 Å². The molecule has 4 N–H and O–H groups in total. The summed E-state index contributed by atoms with van der Waals surface area (Å²) in [6.45, 7) is 0.308. The largest absolute Gasteiger partial charge is 0.487 e. The number of anilines is 2. The zero-order chi connectivity index (χ0) is 19.7. The Labute approximate surface area is 171 Å². The third kappa shape index (κ3) is 3.52. The van der Waals surface area contributed by atoms with Gasteiger partial charge in [-0.3, -0.25) is 4.98 Å². The molecule has 0 fully saturated rings. The van der Waals surface area contributed by atoms with Crippen LogP contribution in [-0.2, 0) is 6.61 Å². The number of rotatable bonds is 4. The molecule has 0 aliphatic heterocycles. The minimum Gasteiger partial charge on any atom is -0.487 e. The molecule has 4 aromatic rings. The third-order valence-electron chi connectivity index (χ3n) is 4.18. The van der Waals surface area contributed by atoms with Gasteiger partial charge in [-0.1, -0.05) is 35.3 Å². The molecule has 2 aromatic heterocycles. The lowest BCUT2D eigenvalue weighted by Crippen LogP contribution is -2.02. The standard InChI is InChI=1S/C20H15Cl2N5O/c21-11-4-7-16(28-10-12-3-1-2-8-25-12)14(9-11)13-5-6-15-17(18(13)22)19(23)27-20(24)26-15/h1-9H,10H2,(H4,23,24,26,27). The van der Waals surface area contributed by atoms with E-state index < -0.39 is 0 Å². The van der Waals surface area contributed by atoms with E-state index in [-0.39, 0.29) is 11.8 Å². The molecule has 2 heterocycles. The van der Waals surface area contributed by atoms with E-state index in [4.69, 9.17) is 39.4 Å². The summed E-state index contributed by atoms with van der Waals surface area (Å²) in [4.78, 5) is 12.5. The van der Waals surface area contributed by atoms with Gasteiger partial charge in [0.15, 0.2) is 0 Å². The van der Waals surface area contributed by atoms with Crippen LogP contribution in [0.25, 0.3) is 22.0 Å². The van der Waals surface area contributed by atoms with E-state index in [1.165, 1.54) is 0 Å². The number of hydrogen-bond acceptors (Lipinski definition) is 6. The number of ether oxygens (including phenoxy) is 1. The molecule has 0 saturated carbocycles. The second-order valence-electron chi connectivity index (χ2n) is 6.04. The lowest BCUT2D eigenvalue weighted by atomic mass is 10.0. The predicted molar refractivity (Wildman–Crippen MR) is 112 cm³/mol. The van der Waals surface area contributed by atoms with E-state index in [2.05, 4.69) is 15.0 Å². The Bertz CT molecular complexity index is 1170. The van der Waals surface area contributed by atoms with E-state index in [0.717, 1.165) is 11.3 Å². The van der Waals surface area contributed by atoms with Gasteiger partial charge in [0.1, 0.15) is 18.2 Å². The highest BCUT2D eigenvalue weighted by Gasteiger charge is 2.16. The number of hydrogen-bond donors (Lipinski definition) is 2. The Morgan fingerprint density at radius 1 is 0.929 bits per heavy atom. The molecular formula is C20H15Cl2N5O. The summed E-state index contributed by atoms with van der Waals surface area (Å²) in [5.41, 5.74) is 14.5. The van der Waals surface area contributed by atoms with Gasteiger partial charge in [0.25, 0.3) is 0 Å². The first-order valence-corrected chi connectivity index (χ1v) is 9.12. The fourth-order valence-electron chi connectivity index (χ4n) is 2.91. The van der Waals surface area contributed by atoms with E-state index in [1.807, 2.05) is 24.3 Å².